The van der Waals surface area contributed by atoms with Crippen molar-refractivity contribution < 1.29 is 14.3 Å². The second-order valence-corrected chi connectivity index (χ2v) is 6.13. The van der Waals surface area contributed by atoms with E-state index in [1.54, 1.807) is 18.9 Å². The number of nitrogens with one attached hydrogen (secondary N) is 1. The molecular formula is C14H24N2O3. The summed E-state index contributed by atoms with van der Waals surface area (Å²) in [5.74, 6) is 0.0553. The molecule has 1 heterocycles. The first-order valence-electron chi connectivity index (χ1n) is 7.06. The van der Waals surface area contributed by atoms with Crippen LogP contribution in [0.5, 0.6) is 0 Å². The van der Waals surface area contributed by atoms with Crippen LogP contribution in [0.25, 0.3) is 0 Å². The largest absolute Gasteiger partial charge is 0.376 e. The zero-order valence-corrected chi connectivity index (χ0v) is 12.2. The lowest BCUT2D eigenvalue weighted by atomic mass is 9.78. The third-order valence-corrected chi connectivity index (χ3v) is 4.40. The highest BCUT2D eigenvalue weighted by Gasteiger charge is 2.46. The first kappa shape index (κ1) is 14.3. The maximum Gasteiger partial charge on any atom is 0.245 e. The van der Waals surface area contributed by atoms with Gasteiger partial charge in [0.15, 0.2) is 0 Å². The topological polar surface area (TPSA) is 58.6 Å². The number of hydrogen-bond donors (Lipinski definition) is 1. The molecule has 1 saturated heterocycles. The summed E-state index contributed by atoms with van der Waals surface area (Å²) in [5, 5.41) is 2.76. The molecule has 0 aromatic carbocycles. The summed E-state index contributed by atoms with van der Waals surface area (Å²) in [7, 11) is 1.70. The molecule has 1 aliphatic heterocycles. The Hall–Kier alpha value is -1.10. The van der Waals surface area contributed by atoms with E-state index in [9.17, 15) is 9.59 Å². The van der Waals surface area contributed by atoms with E-state index in [2.05, 4.69) is 5.32 Å². The van der Waals surface area contributed by atoms with Crippen molar-refractivity contribution in [3.8, 4) is 0 Å². The average Bonchev–Trinajstić information content (AvgIpc) is 2.29. The van der Waals surface area contributed by atoms with Crippen molar-refractivity contribution in [3.63, 3.8) is 0 Å². The molecule has 2 amide bonds. The van der Waals surface area contributed by atoms with Crippen molar-refractivity contribution in [2.75, 3.05) is 13.7 Å². The van der Waals surface area contributed by atoms with Crippen molar-refractivity contribution in [2.24, 2.45) is 5.92 Å². The lowest BCUT2D eigenvalue weighted by Crippen LogP contribution is -2.67. The van der Waals surface area contributed by atoms with E-state index in [1.165, 1.54) is 0 Å². The molecule has 0 bridgehead atoms. The fourth-order valence-electron chi connectivity index (χ4n) is 3.04. The van der Waals surface area contributed by atoms with Gasteiger partial charge in [-0.05, 0) is 32.1 Å². The number of hydrogen-bond acceptors (Lipinski definition) is 3. The number of nitrogens with zero attached hydrogens (tertiary/aromatic N) is 1. The molecule has 5 heteroatoms. The van der Waals surface area contributed by atoms with Gasteiger partial charge in [-0.15, -0.1) is 0 Å². The number of methoxy groups -OCH3 is 1. The van der Waals surface area contributed by atoms with Crippen LogP contribution in [0.15, 0.2) is 0 Å². The van der Waals surface area contributed by atoms with Gasteiger partial charge in [-0.2, -0.15) is 0 Å². The zero-order chi connectivity index (χ0) is 14.2. The Morgan fingerprint density at radius 2 is 2.05 bits per heavy atom. The standard InChI is InChI=1S/C14H24N2O3/c1-9(2)11-12(17)15-10(3)13(18)16(11)8-14(19-4)6-5-7-14/h9-11H,5-8H2,1-4H3,(H,15,17). The van der Waals surface area contributed by atoms with Crippen molar-refractivity contribution in [1.29, 1.82) is 0 Å². The molecular weight excluding hydrogens is 244 g/mol. The maximum atomic E-state index is 12.4. The molecule has 1 saturated carbocycles. The number of carbonyl (C=O) groups excluding carboxylic acids is 2. The lowest BCUT2D eigenvalue weighted by Gasteiger charge is -2.48. The molecule has 0 aromatic heterocycles. The minimum absolute atomic E-state index is 0.00150. The quantitative estimate of drug-likeness (QED) is 0.825. The van der Waals surface area contributed by atoms with Gasteiger partial charge in [-0.1, -0.05) is 13.8 Å². The van der Waals surface area contributed by atoms with Gasteiger partial charge < -0.3 is 15.0 Å². The first-order chi connectivity index (χ1) is 8.90. The molecule has 0 spiro atoms. The Bertz CT molecular complexity index is 371. The van der Waals surface area contributed by atoms with E-state index in [-0.39, 0.29) is 29.4 Å². The van der Waals surface area contributed by atoms with Crippen LogP contribution in [-0.4, -0.2) is 48.1 Å². The number of ether oxygens (including phenoxy) is 1. The molecule has 2 rings (SSSR count). The van der Waals surface area contributed by atoms with Gasteiger partial charge in [0.25, 0.3) is 0 Å². The Balaban J connectivity index is 2.21. The highest BCUT2D eigenvalue weighted by molar-refractivity contribution is 5.96. The second-order valence-electron chi connectivity index (χ2n) is 6.13. The van der Waals surface area contributed by atoms with Crippen LogP contribution in [0.1, 0.15) is 40.0 Å². The Labute approximate surface area is 114 Å². The summed E-state index contributed by atoms with van der Waals surface area (Å²) in [6.07, 6.45) is 3.06. The fourth-order valence-corrected chi connectivity index (χ4v) is 3.04. The third-order valence-electron chi connectivity index (χ3n) is 4.40. The summed E-state index contributed by atoms with van der Waals surface area (Å²) >= 11 is 0. The van der Waals surface area contributed by atoms with Gasteiger partial charge >= 0.3 is 0 Å². The molecule has 0 radical (unpaired) electrons. The monoisotopic (exact) mass is 268 g/mol. The molecule has 19 heavy (non-hydrogen) atoms. The molecule has 2 atom stereocenters. The van der Waals surface area contributed by atoms with Crippen molar-refractivity contribution >= 4 is 11.8 Å². The van der Waals surface area contributed by atoms with E-state index in [0.29, 0.717) is 6.54 Å². The molecule has 108 valence electrons. The summed E-state index contributed by atoms with van der Waals surface area (Å²) < 4.78 is 5.60. The van der Waals surface area contributed by atoms with Gasteiger partial charge in [0.05, 0.1) is 12.1 Å². The number of rotatable bonds is 4. The molecule has 0 aromatic rings. The van der Waals surface area contributed by atoms with Gasteiger partial charge in [-0.3, -0.25) is 9.59 Å². The molecule has 2 unspecified atom stereocenters. The minimum Gasteiger partial charge on any atom is -0.376 e. The van der Waals surface area contributed by atoms with Gasteiger partial charge in [-0.25, -0.2) is 0 Å². The van der Waals surface area contributed by atoms with E-state index in [0.717, 1.165) is 19.3 Å². The average molecular weight is 268 g/mol. The van der Waals surface area contributed by atoms with Crippen LogP contribution in [0.2, 0.25) is 0 Å². The van der Waals surface area contributed by atoms with Crippen LogP contribution in [0.4, 0.5) is 0 Å². The van der Waals surface area contributed by atoms with E-state index < -0.39 is 6.04 Å². The molecule has 1 N–H and O–H groups in total. The maximum absolute atomic E-state index is 12.4. The predicted octanol–water partition coefficient (Wildman–Crippen LogP) is 0.927. The van der Waals surface area contributed by atoms with Crippen LogP contribution < -0.4 is 5.32 Å². The number of amides is 2. The van der Waals surface area contributed by atoms with E-state index >= 15 is 0 Å². The van der Waals surface area contributed by atoms with Crippen molar-refractivity contribution in [1.82, 2.24) is 10.2 Å². The Morgan fingerprint density at radius 3 is 2.47 bits per heavy atom. The normalized spacial score (nSPS) is 30.3. The Morgan fingerprint density at radius 1 is 1.42 bits per heavy atom. The Kier molecular flexibility index (Phi) is 3.85. The molecule has 2 aliphatic rings. The van der Waals surface area contributed by atoms with Crippen LogP contribution in [0, 0.1) is 5.92 Å². The number of piperazine rings is 1. The molecule has 2 fully saturated rings. The molecule has 5 nitrogen and oxygen atoms in total. The highest BCUT2D eigenvalue weighted by Crippen LogP contribution is 2.37. The SMILES string of the molecule is COC1(CN2C(=O)C(C)NC(=O)C2C(C)C)CCC1. The van der Waals surface area contributed by atoms with Gasteiger partial charge in [0, 0.05) is 7.11 Å². The smallest absolute Gasteiger partial charge is 0.245 e. The van der Waals surface area contributed by atoms with E-state index in [1.807, 2.05) is 13.8 Å². The first-order valence-corrected chi connectivity index (χ1v) is 7.06. The summed E-state index contributed by atoms with van der Waals surface area (Å²) in [5.41, 5.74) is -0.236. The summed E-state index contributed by atoms with van der Waals surface area (Å²) in [6, 6.07) is -0.812. The van der Waals surface area contributed by atoms with Crippen LogP contribution >= 0.6 is 0 Å². The van der Waals surface area contributed by atoms with Gasteiger partial charge in [0.1, 0.15) is 12.1 Å². The summed E-state index contributed by atoms with van der Waals surface area (Å²) in [6.45, 7) is 6.22. The van der Waals surface area contributed by atoms with Crippen LogP contribution in [0.3, 0.4) is 0 Å². The zero-order valence-electron chi connectivity index (χ0n) is 12.2. The fraction of sp³-hybridized carbons (Fsp3) is 0.857. The highest BCUT2D eigenvalue weighted by atomic mass is 16.5. The van der Waals surface area contributed by atoms with Crippen LogP contribution in [-0.2, 0) is 14.3 Å². The number of carbonyl (C=O) groups is 2. The van der Waals surface area contributed by atoms with Crippen molar-refractivity contribution in [2.45, 2.75) is 57.7 Å². The minimum atomic E-state index is -0.434. The molecule has 1 aliphatic carbocycles. The lowest BCUT2D eigenvalue weighted by molar-refractivity contribution is -0.160. The van der Waals surface area contributed by atoms with Crippen molar-refractivity contribution in [3.05, 3.63) is 0 Å². The van der Waals surface area contributed by atoms with E-state index in [4.69, 9.17) is 4.74 Å². The third kappa shape index (κ3) is 2.48. The van der Waals surface area contributed by atoms with Gasteiger partial charge in [0.2, 0.25) is 11.8 Å². The summed E-state index contributed by atoms with van der Waals surface area (Å²) in [4.78, 5) is 26.2. The second kappa shape index (κ2) is 5.12. The predicted molar refractivity (Wildman–Crippen MR) is 71.5 cm³/mol.